The van der Waals surface area contributed by atoms with Gasteiger partial charge in [0, 0.05) is 29.9 Å². The van der Waals surface area contributed by atoms with Crippen molar-refractivity contribution in [3.63, 3.8) is 0 Å². The lowest BCUT2D eigenvalue weighted by atomic mass is 10.0. The number of aryl methyl sites for hydroxylation is 2. The molecular weight excluding hydrogens is 258 g/mol. The van der Waals surface area contributed by atoms with Gasteiger partial charge >= 0.3 is 0 Å². The summed E-state index contributed by atoms with van der Waals surface area (Å²) < 4.78 is 2.31. The maximum absolute atomic E-state index is 5.97. The summed E-state index contributed by atoms with van der Waals surface area (Å²) in [6.07, 6.45) is 6.20. The van der Waals surface area contributed by atoms with Crippen LogP contribution in [0.1, 0.15) is 12.0 Å². The first kappa shape index (κ1) is 11.0. The standard InChI is InChI=1S/C15H12ClN3/c16-13-6-7-17-15(18-13)12-9-19-8-2-4-10-3-1-5-11(12)14(10)19/h1,3,5-7,9H,2,4,8H2. The molecule has 0 aliphatic carbocycles. The van der Waals surface area contributed by atoms with E-state index in [1.807, 2.05) is 0 Å². The van der Waals surface area contributed by atoms with Crippen LogP contribution in [-0.2, 0) is 13.0 Å². The van der Waals surface area contributed by atoms with E-state index in [0.29, 0.717) is 11.0 Å². The Hall–Kier alpha value is -1.87. The SMILES string of the molecule is Clc1ccnc(-c2cn3c4c(cccc24)CCC3)n1. The predicted molar refractivity (Wildman–Crippen MR) is 76.3 cm³/mol. The quantitative estimate of drug-likeness (QED) is 0.631. The maximum Gasteiger partial charge on any atom is 0.162 e. The highest BCUT2D eigenvalue weighted by molar-refractivity contribution is 6.29. The molecule has 0 unspecified atom stereocenters. The van der Waals surface area contributed by atoms with Crippen LogP contribution in [0.4, 0.5) is 0 Å². The van der Waals surface area contributed by atoms with Crippen LogP contribution in [0.2, 0.25) is 5.15 Å². The molecule has 1 aromatic carbocycles. The molecule has 4 rings (SSSR count). The van der Waals surface area contributed by atoms with E-state index >= 15 is 0 Å². The Kier molecular flexibility index (Phi) is 2.35. The fourth-order valence-corrected chi connectivity index (χ4v) is 3.04. The van der Waals surface area contributed by atoms with Gasteiger partial charge in [0.15, 0.2) is 5.82 Å². The van der Waals surface area contributed by atoms with Crippen molar-refractivity contribution >= 4 is 22.5 Å². The second-order valence-corrected chi connectivity index (χ2v) is 5.24. The van der Waals surface area contributed by atoms with E-state index in [4.69, 9.17) is 11.6 Å². The van der Waals surface area contributed by atoms with Crippen molar-refractivity contribution in [2.24, 2.45) is 0 Å². The topological polar surface area (TPSA) is 30.7 Å². The van der Waals surface area contributed by atoms with Gasteiger partial charge in [-0.1, -0.05) is 29.8 Å². The average Bonchev–Trinajstić information content (AvgIpc) is 2.81. The van der Waals surface area contributed by atoms with Crippen LogP contribution in [0.3, 0.4) is 0 Å². The van der Waals surface area contributed by atoms with E-state index in [2.05, 4.69) is 38.9 Å². The van der Waals surface area contributed by atoms with E-state index in [0.717, 1.165) is 18.5 Å². The number of hydrogen-bond acceptors (Lipinski definition) is 2. The molecule has 2 aromatic heterocycles. The summed E-state index contributed by atoms with van der Waals surface area (Å²) in [5.74, 6) is 0.704. The fraction of sp³-hybridized carbons (Fsp3) is 0.200. The smallest absolute Gasteiger partial charge is 0.162 e. The number of hydrogen-bond donors (Lipinski definition) is 0. The summed E-state index contributed by atoms with van der Waals surface area (Å²) >= 11 is 5.97. The van der Waals surface area contributed by atoms with Gasteiger partial charge in [0.1, 0.15) is 5.15 Å². The van der Waals surface area contributed by atoms with E-state index in [1.54, 1.807) is 12.3 Å². The van der Waals surface area contributed by atoms with Gasteiger partial charge in [-0.15, -0.1) is 0 Å². The zero-order valence-electron chi connectivity index (χ0n) is 10.3. The fourth-order valence-electron chi connectivity index (χ4n) is 2.90. The lowest BCUT2D eigenvalue weighted by molar-refractivity contribution is 0.636. The number of nitrogens with zero attached hydrogens (tertiary/aromatic N) is 3. The molecule has 1 aliphatic heterocycles. The van der Waals surface area contributed by atoms with Crippen molar-refractivity contribution in [3.8, 4) is 11.4 Å². The molecule has 0 N–H and O–H groups in total. The van der Waals surface area contributed by atoms with E-state index in [-0.39, 0.29) is 0 Å². The first-order valence-electron chi connectivity index (χ1n) is 6.42. The van der Waals surface area contributed by atoms with Gasteiger partial charge in [0.25, 0.3) is 0 Å². The molecule has 94 valence electrons. The molecule has 0 fully saturated rings. The van der Waals surface area contributed by atoms with E-state index < -0.39 is 0 Å². The van der Waals surface area contributed by atoms with Crippen molar-refractivity contribution in [1.82, 2.24) is 14.5 Å². The lowest BCUT2D eigenvalue weighted by Gasteiger charge is -2.14. The Bertz CT molecular complexity index is 776. The zero-order chi connectivity index (χ0) is 12.8. The van der Waals surface area contributed by atoms with Crippen molar-refractivity contribution in [2.75, 3.05) is 0 Å². The van der Waals surface area contributed by atoms with Crippen LogP contribution >= 0.6 is 11.6 Å². The minimum Gasteiger partial charge on any atom is -0.346 e. The Morgan fingerprint density at radius 2 is 2.16 bits per heavy atom. The zero-order valence-corrected chi connectivity index (χ0v) is 11.1. The lowest BCUT2D eigenvalue weighted by Crippen LogP contribution is -2.05. The van der Waals surface area contributed by atoms with Gasteiger partial charge in [-0.05, 0) is 24.5 Å². The first-order valence-corrected chi connectivity index (χ1v) is 6.80. The maximum atomic E-state index is 5.97. The predicted octanol–water partition coefficient (Wildman–Crippen LogP) is 3.70. The second kappa shape index (κ2) is 4.07. The average molecular weight is 270 g/mol. The summed E-state index contributed by atoms with van der Waals surface area (Å²) in [7, 11) is 0. The van der Waals surface area contributed by atoms with Crippen LogP contribution in [0.15, 0.2) is 36.7 Å². The summed E-state index contributed by atoms with van der Waals surface area (Å²) in [6.45, 7) is 1.06. The van der Waals surface area contributed by atoms with Crippen molar-refractivity contribution in [1.29, 1.82) is 0 Å². The highest BCUT2D eigenvalue weighted by Crippen LogP contribution is 2.33. The number of aromatic nitrogens is 3. The molecule has 0 saturated heterocycles. The third-order valence-corrected chi connectivity index (χ3v) is 3.90. The molecule has 0 spiro atoms. The molecule has 19 heavy (non-hydrogen) atoms. The summed E-state index contributed by atoms with van der Waals surface area (Å²) in [5.41, 5.74) is 3.81. The van der Waals surface area contributed by atoms with Gasteiger partial charge in [0.2, 0.25) is 0 Å². The Labute approximate surface area is 115 Å². The Morgan fingerprint density at radius 3 is 3.05 bits per heavy atom. The van der Waals surface area contributed by atoms with Gasteiger partial charge < -0.3 is 4.57 Å². The third-order valence-electron chi connectivity index (χ3n) is 3.69. The van der Waals surface area contributed by atoms with E-state index in [1.165, 1.54) is 22.9 Å². The monoisotopic (exact) mass is 269 g/mol. The van der Waals surface area contributed by atoms with Gasteiger partial charge in [-0.2, -0.15) is 0 Å². The van der Waals surface area contributed by atoms with Crippen LogP contribution in [-0.4, -0.2) is 14.5 Å². The summed E-state index contributed by atoms with van der Waals surface area (Å²) in [5, 5.41) is 1.70. The van der Waals surface area contributed by atoms with E-state index in [9.17, 15) is 0 Å². The Morgan fingerprint density at radius 1 is 1.21 bits per heavy atom. The molecule has 3 aromatic rings. The molecule has 0 saturated carbocycles. The number of benzene rings is 1. The molecule has 0 radical (unpaired) electrons. The van der Waals surface area contributed by atoms with Crippen LogP contribution < -0.4 is 0 Å². The summed E-state index contributed by atoms with van der Waals surface area (Å²) in [6, 6.07) is 8.16. The van der Waals surface area contributed by atoms with Crippen molar-refractivity contribution in [2.45, 2.75) is 19.4 Å². The third kappa shape index (κ3) is 1.65. The normalized spacial score (nSPS) is 13.9. The first-order chi connectivity index (χ1) is 9.33. The molecule has 0 atom stereocenters. The van der Waals surface area contributed by atoms with Gasteiger partial charge in [-0.25, -0.2) is 9.97 Å². The molecule has 0 amide bonds. The number of halogens is 1. The van der Waals surface area contributed by atoms with Gasteiger partial charge in [0.05, 0.1) is 5.52 Å². The highest BCUT2D eigenvalue weighted by Gasteiger charge is 2.17. The molecule has 1 aliphatic rings. The van der Waals surface area contributed by atoms with Crippen LogP contribution in [0, 0.1) is 0 Å². The number of para-hydroxylation sites is 1. The van der Waals surface area contributed by atoms with Crippen LogP contribution in [0.25, 0.3) is 22.3 Å². The summed E-state index contributed by atoms with van der Waals surface area (Å²) in [4.78, 5) is 8.68. The second-order valence-electron chi connectivity index (χ2n) is 4.86. The van der Waals surface area contributed by atoms with Crippen molar-refractivity contribution in [3.05, 3.63) is 47.4 Å². The minimum atomic E-state index is 0.483. The molecule has 3 nitrogen and oxygen atoms in total. The minimum absolute atomic E-state index is 0.483. The molecule has 0 bridgehead atoms. The number of rotatable bonds is 1. The van der Waals surface area contributed by atoms with Crippen molar-refractivity contribution < 1.29 is 0 Å². The van der Waals surface area contributed by atoms with Crippen LogP contribution in [0.5, 0.6) is 0 Å². The molecular formula is C15H12ClN3. The Balaban J connectivity index is 2.04. The molecule has 3 heterocycles. The molecule has 4 heteroatoms. The largest absolute Gasteiger partial charge is 0.346 e. The van der Waals surface area contributed by atoms with Gasteiger partial charge in [-0.3, -0.25) is 0 Å². The highest BCUT2D eigenvalue weighted by atomic mass is 35.5.